The Morgan fingerprint density at radius 1 is 1.05 bits per heavy atom. The van der Waals surface area contributed by atoms with Crippen molar-refractivity contribution in [3.63, 3.8) is 0 Å². The van der Waals surface area contributed by atoms with Gasteiger partial charge in [-0.1, -0.05) is 18.5 Å². The van der Waals surface area contributed by atoms with Gasteiger partial charge in [-0.25, -0.2) is 21.6 Å². The van der Waals surface area contributed by atoms with Crippen LogP contribution in [0.1, 0.15) is 36.5 Å². The number of fused-ring (bicyclic) bond motifs is 2. The molecule has 3 aliphatic rings. The van der Waals surface area contributed by atoms with Crippen molar-refractivity contribution in [2.75, 3.05) is 31.6 Å². The van der Waals surface area contributed by atoms with Crippen molar-refractivity contribution in [1.29, 1.82) is 0 Å². The van der Waals surface area contributed by atoms with Crippen LogP contribution < -0.4 is 5.32 Å². The topological polar surface area (TPSA) is 75.7 Å². The van der Waals surface area contributed by atoms with Crippen molar-refractivity contribution in [3.05, 3.63) is 58.4 Å². The molecule has 1 N–H and O–H groups in total. The number of sulfone groups is 1. The van der Waals surface area contributed by atoms with Crippen molar-refractivity contribution < 1.29 is 31.1 Å². The minimum atomic E-state index is -3.87. The number of amides is 1. The molecule has 3 fully saturated rings. The molecule has 2 aromatic carbocycles. The molecule has 1 saturated heterocycles. The minimum absolute atomic E-state index is 0.00567. The van der Waals surface area contributed by atoms with Crippen LogP contribution in [0.2, 0.25) is 5.02 Å². The smallest absolute Gasteiger partial charge is 0.255 e. The van der Waals surface area contributed by atoms with Crippen molar-refractivity contribution in [1.82, 2.24) is 4.90 Å². The Kier molecular flexibility index (Phi) is 7.30. The molecule has 2 bridgehead atoms. The van der Waals surface area contributed by atoms with Crippen molar-refractivity contribution >= 4 is 33.0 Å². The Morgan fingerprint density at radius 2 is 1.73 bits per heavy atom. The lowest BCUT2D eigenvalue weighted by Crippen LogP contribution is -2.52. The summed E-state index contributed by atoms with van der Waals surface area (Å²) in [4.78, 5) is 15.1. The first-order chi connectivity index (χ1) is 17.6. The molecule has 2 saturated carbocycles. The van der Waals surface area contributed by atoms with Gasteiger partial charge in [-0.15, -0.1) is 0 Å². The highest BCUT2D eigenvalue weighted by Crippen LogP contribution is 2.51. The number of hydrogen-bond donors (Lipinski definition) is 1. The van der Waals surface area contributed by atoms with E-state index in [1.165, 1.54) is 18.2 Å². The zero-order valence-corrected chi connectivity index (χ0v) is 21.8. The second-order valence-electron chi connectivity index (χ2n) is 10.3. The zero-order chi connectivity index (χ0) is 26.5. The number of ether oxygens (including phenoxy) is 1. The van der Waals surface area contributed by atoms with Crippen molar-refractivity contribution in [2.45, 2.75) is 42.4 Å². The van der Waals surface area contributed by atoms with Crippen molar-refractivity contribution in [3.8, 4) is 0 Å². The van der Waals surface area contributed by atoms with Crippen LogP contribution in [0.15, 0.2) is 35.2 Å². The Labute approximate surface area is 219 Å². The van der Waals surface area contributed by atoms with Gasteiger partial charge in [-0.3, -0.25) is 9.69 Å². The molecule has 6 nitrogen and oxygen atoms in total. The van der Waals surface area contributed by atoms with Crippen LogP contribution in [0.4, 0.5) is 18.9 Å². The number of anilines is 1. The van der Waals surface area contributed by atoms with Crippen LogP contribution in [0.5, 0.6) is 0 Å². The van der Waals surface area contributed by atoms with E-state index in [2.05, 4.69) is 17.1 Å². The Hall–Kier alpha value is -2.14. The normalized spacial score (nSPS) is 28.3. The molecular formula is C26H28ClF3N2O4S. The number of morpholine rings is 1. The second kappa shape index (κ2) is 10.2. The summed E-state index contributed by atoms with van der Waals surface area (Å²) in [6.07, 6.45) is 2.01. The van der Waals surface area contributed by atoms with Gasteiger partial charge in [0.1, 0.15) is 0 Å². The van der Waals surface area contributed by atoms with Gasteiger partial charge in [0.15, 0.2) is 27.3 Å². The SMILES string of the molecule is C[C@H]1CC2CC(S(=O)(=O)c3cc(C(=O)Nc4cc(F)c(F)c(F)c4)ccc3Cl)CC1C2N1CCOCC1. The molecule has 5 atom stereocenters. The molecule has 2 aromatic rings. The molecule has 0 spiro atoms. The number of rotatable bonds is 5. The third-order valence-electron chi connectivity index (χ3n) is 8.08. The maximum Gasteiger partial charge on any atom is 0.255 e. The highest BCUT2D eigenvalue weighted by molar-refractivity contribution is 7.92. The fourth-order valence-corrected chi connectivity index (χ4v) is 8.80. The number of carbonyl (C=O) groups excluding carboxylic acids is 1. The second-order valence-corrected chi connectivity index (χ2v) is 12.9. The molecule has 0 radical (unpaired) electrons. The number of benzene rings is 2. The molecule has 1 amide bonds. The standard InChI is InChI=1S/C26H28ClF3N2O4S/c1-14-8-16-9-18(13-19(14)25(16)32-4-6-36-7-5-32)37(34,35)23-10-15(2-3-20(23)27)26(33)31-17-11-21(28)24(30)22(29)12-17/h2-3,10-12,14,16,18-19,25H,4-9,13H2,1H3,(H,31,33)/t14-,16?,18?,19?,25?/m0/s1. The summed E-state index contributed by atoms with van der Waals surface area (Å²) in [7, 11) is -3.87. The third kappa shape index (κ3) is 5.01. The number of halogens is 4. The maximum absolute atomic E-state index is 13.8. The number of hydrogen-bond acceptors (Lipinski definition) is 5. The molecule has 0 aromatic heterocycles. The molecule has 37 heavy (non-hydrogen) atoms. The van der Waals surface area contributed by atoms with Crippen LogP contribution in [0, 0.1) is 35.2 Å². The molecule has 11 heteroatoms. The lowest BCUT2D eigenvalue weighted by Gasteiger charge is -2.44. The van der Waals surface area contributed by atoms with Crippen LogP contribution in [0.3, 0.4) is 0 Å². The maximum atomic E-state index is 13.8. The Balaban J connectivity index is 1.37. The summed E-state index contributed by atoms with van der Waals surface area (Å²) in [5.41, 5.74) is -0.348. The van der Waals surface area contributed by atoms with E-state index in [0.29, 0.717) is 50.1 Å². The summed E-state index contributed by atoms with van der Waals surface area (Å²) in [6.45, 7) is 5.27. The fourth-order valence-electron chi connectivity index (χ4n) is 6.39. The summed E-state index contributed by atoms with van der Waals surface area (Å²) >= 11 is 6.32. The molecular weight excluding hydrogens is 529 g/mol. The van der Waals surface area contributed by atoms with Crippen molar-refractivity contribution in [2.24, 2.45) is 17.8 Å². The van der Waals surface area contributed by atoms with E-state index in [-0.39, 0.29) is 33.0 Å². The lowest BCUT2D eigenvalue weighted by molar-refractivity contribution is -0.0127. The summed E-state index contributed by atoms with van der Waals surface area (Å²) in [5, 5.41) is 1.66. The number of nitrogens with zero attached hydrogens (tertiary/aromatic N) is 1. The van der Waals surface area contributed by atoms with Crippen LogP contribution in [0.25, 0.3) is 0 Å². The molecule has 1 heterocycles. The summed E-state index contributed by atoms with van der Waals surface area (Å²) in [6, 6.07) is 5.48. The summed E-state index contributed by atoms with van der Waals surface area (Å²) < 4.78 is 73.4. The first kappa shape index (κ1) is 26.5. The molecule has 5 rings (SSSR count). The Morgan fingerprint density at radius 3 is 2.38 bits per heavy atom. The van der Waals surface area contributed by atoms with Gasteiger partial charge in [-0.2, -0.15) is 0 Å². The average molecular weight is 557 g/mol. The quantitative estimate of drug-likeness (QED) is 0.529. The van der Waals surface area contributed by atoms with Gasteiger partial charge in [0, 0.05) is 42.5 Å². The molecule has 200 valence electrons. The van der Waals surface area contributed by atoms with E-state index < -0.39 is 38.4 Å². The van der Waals surface area contributed by atoms with Crippen LogP contribution >= 0.6 is 11.6 Å². The minimum Gasteiger partial charge on any atom is -0.379 e. The van der Waals surface area contributed by atoms with E-state index in [1.807, 2.05) is 0 Å². The molecule has 2 aliphatic carbocycles. The van der Waals surface area contributed by atoms with E-state index in [9.17, 15) is 26.4 Å². The predicted molar refractivity (Wildman–Crippen MR) is 133 cm³/mol. The largest absolute Gasteiger partial charge is 0.379 e. The predicted octanol–water partition coefficient (Wildman–Crippen LogP) is 4.92. The fraction of sp³-hybridized carbons (Fsp3) is 0.500. The zero-order valence-electron chi connectivity index (χ0n) is 20.2. The first-order valence-corrected chi connectivity index (χ1v) is 14.3. The Bertz CT molecular complexity index is 1300. The summed E-state index contributed by atoms with van der Waals surface area (Å²) in [5.74, 6) is -4.46. The van der Waals surface area contributed by atoms with E-state index in [1.54, 1.807) is 0 Å². The van der Waals surface area contributed by atoms with E-state index >= 15 is 0 Å². The number of carbonyl (C=O) groups is 1. The van der Waals surface area contributed by atoms with E-state index in [0.717, 1.165) is 19.5 Å². The first-order valence-electron chi connectivity index (χ1n) is 12.4. The number of nitrogens with one attached hydrogen (secondary N) is 1. The lowest BCUT2D eigenvalue weighted by atomic mass is 9.81. The third-order valence-corrected chi connectivity index (χ3v) is 10.7. The van der Waals surface area contributed by atoms with Crippen LogP contribution in [-0.2, 0) is 14.6 Å². The highest BCUT2D eigenvalue weighted by atomic mass is 35.5. The van der Waals surface area contributed by atoms with Gasteiger partial charge < -0.3 is 10.1 Å². The van der Waals surface area contributed by atoms with Gasteiger partial charge >= 0.3 is 0 Å². The van der Waals surface area contributed by atoms with Gasteiger partial charge in [0.25, 0.3) is 5.91 Å². The van der Waals surface area contributed by atoms with E-state index in [4.69, 9.17) is 16.3 Å². The van der Waals surface area contributed by atoms with Crippen LogP contribution in [-0.4, -0.2) is 56.8 Å². The molecule has 1 aliphatic heterocycles. The average Bonchev–Trinajstić information content (AvgIpc) is 3.06. The van der Waals surface area contributed by atoms with Gasteiger partial charge in [0.2, 0.25) is 0 Å². The molecule has 4 unspecified atom stereocenters. The monoisotopic (exact) mass is 556 g/mol. The van der Waals surface area contributed by atoms with Gasteiger partial charge in [-0.05, 0) is 55.2 Å². The van der Waals surface area contributed by atoms with Gasteiger partial charge in [0.05, 0.1) is 28.4 Å². The highest BCUT2D eigenvalue weighted by Gasteiger charge is 2.52.